The Bertz CT molecular complexity index is 796. The fourth-order valence-corrected chi connectivity index (χ4v) is 3.03. The van der Waals surface area contributed by atoms with Crippen molar-refractivity contribution < 1.29 is 14.0 Å². The molecular formula is C20H23N3O3. The standard InChI is InChI=1S/C20H23N3O3/c1-4-18(24)23-11-9-15(10-12-23)19(25)22-17-7-5-16(6-8-17)20-21-13(2)14(3)26-20/h4-8,15H,1,9-12H2,2-3H3,(H,22,25). The van der Waals surface area contributed by atoms with Gasteiger partial charge in [0, 0.05) is 30.3 Å². The quantitative estimate of drug-likeness (QED) is 0.856. The third-order valence-corrected chi connectivity index (χ3v) is 4.78. The van der Waals surface area contributed by atoms with Gasteiger partial charge in [-0.1, -0.05) is 6.58 Å². The minimum atomic E-state index is -0.0828. The van der Waals surface area contributed by atoms with Gasteiger partial charge < -0.3 is 14.6 Å². The van der Waals surface area contributed by atoms with Gasteiger partial charge in [0.25, 0.3) is 0 Å². The summed E-state index contributed by atoms with van der Waals surface area (Å²) in [6.07, 6.45) is 2.65. The molecule has 0 spiro atoms. The summed E-state index contributed by atoms with van der Waals surface area (Å²) in [7, 11) is 0. The summed E-state index contributed by atoms with van der Waals surface area (Å²) in [6.45, 7) is 8.47. The zero-order chi connectivity index (χ0) is 18.7. The highest BCUT2D eigenvalue weighted by Gasteiger charge is 2.26. The lowest BCUT2D eigenvalue weighted by atomic mass is 9.95. The number of nitrogens with zero attached hydrogens (tertiary/aromatic N) is 2. The Morgan fingerprint density at radius 2 is 1.88 bits per heavy atom. The van der Waals surface area contributed by atoms with Gasteiger partial charge in [0.2, 0.25) is 17.7 Å². The van der Waals surface area contributed by atoms with Crippen molar-refractivity contribution in [3.05, 3.63) is 48.4 Å². The number of carbonyl (C=O) groups is 2. The lowest BCUT2D eigenvalue weighted by Gasteiger charge is -2.30. The molecule has 3 rings (SSSR count). The van der Waals surface area contributed by atoms with Crippen molar-refractivity contribution in [2.75, 3.05) is 18.4 Å². The Hall–Kier alpha value is -2.89. The smallest absolute Gasteiger partial charge is 0.245 e. The van der Waals surface area contributed by atoms with Crippen molar-refractivity contribution in [3.63, 3.8) is 0 Å². The van der Waals surface area contributed by atoms with Gasteiger partial charge in [-0.3, -0.25) is 9.59 Å². The summed E-state index contributed by atoms with van der Waals surface area (Å²) in [5.41, 5.74) is 2.48. The van der Waals surface area contributed by atoms with Gasteiger partial charge in [-0.25, -0.2) is 4.98 Å². The van der Waals surface area contributed by atoms with Crippen LogP contribution in [-0.4, -0.2) is 34.8 Å². The van der Waals surface area contributed by atoms with Crippen LogP contribution in [0.5, 0.6) is 0 Å². The molecule has 1 aliphatic heterocycles. The number of piperidine rings is 1. The molecule has 2 aromatic rings. The highest BCUT2D eigenvalue weighted by molar-refractivity contribution is 5.93. The predicted octanol–water partition coefficient (Wildman–Crippen LogP) is 3.32. The van der Waals surface area contributed by atoms with Crippen LogP contribution in [0.15, 0.2) is 41.3 Å². The minimum absolute atomic E-state index is 0.00809. The van der Waals surface area contributed by atoms with Crippen LogP contribution in [0, 0.1) is 19.8 Å². The normalized spacial score (nSPS) is 14.9. The number of oxazole rings is 1. The summed E-state index contributed by atoms with van der Waals surface area (Å²) in [5.74, 6) is 1.22. The molecule has 0 unspecified atom stereocenters. The highest BCUT2D eigenvalue weighted by Crippen LogP contribution is 2.24. The topological polar surface area (TPSA) is 75.4 Å². The van der Waals surface area contributed by atoms with Crippen molar-refractivity contribution in [1.82, 2.24) is 9.88 Å². The van der Waals surface area contributed by atoms with Crippen LogP contribution in [0.1, 0.15) is 24.3 Å². The second-order valence-electron chi connectivity index (χ2n) is 6.53. The van der Waals surface area contributed by atoms with E-state index in [0.717, 1.165) is 22.7 Å². The number of nitrogens with one attached hydrogen (secondary N) is 1. The maximum absolute atomic E-state index is 12.5. The van der Waals surface area contributed by atoms with E-state index >= 15 is 0 Å². The van der Waals surface area contributed by atoms with Gasteiger partial charge >= 0.3 is 0 Å². The number of hydrogen-bond acceptors (Lipinski definition) is 4. The van der Waals surface area contributed by atoms with Crippen LogP contribution >= 0.6 is 0 Å². The number of amides is 2. The first kappa shape index (κ1) is 17.9. The van der Waals surface area contributed by atoms with E-state index in [-0.39, 0.29) is 17.7 Å². The minimum Gasteiger partial charge on any atom is -0.441 e. The summed E-state index contributed by atoms with van der Waals surface area (Å²) in [5, 5.41) is 2.95. The third kappa shape index (κ3) is 3.85. The van der Waals surface area contributed by atoms with Crippen molar-refractivity contribution >= 4 is 17.5 Å². The molecule has 6 nitrogen and oxygen atoms in total. The van der Waals surface area contributed by atoms with Crippen LogP contribution in [0.25, 0.3) is 11.5 Å². The molecule has 0 aliphatic carbocycles. The first-order valence-corrected chi connectivity index (χ1v) is 8.74. The lowest BCUT2D eigenvalue weighted by Crippen LogP contribution is -2.40. The number of rotatable bonds is 4. The number of aryl methyl sites for hydroxylation is 2. The molecule has 0 bridgehead atoms. The molecule has 1 aromatic carbocycles. The molecule has 0 atom stereocenters. The molecule has 6 heteroatoms. The first-order valence-electron chi connectivity index (χ1n) is 8.74. The Morgan fingerprint density at radius 3 is 2.42 bits per heavy atom. The van der Waals surface area contributed by atoms with E-state index in [1.54, 1.807) is 4.90 Å². The maximum atomic E-state index is 12.5. The van der Waals surface area contributed by atoms with Crippen LogP contribution in [0.3, 0.4) is 0 Å². The molecule has 1 aliphatic rings. The zero-order valence-electron chi connectivity index (χ0n) is 15.1. The molecule has 1 fully saturated rings. The summed E-state index contributed by atoms with van der Waals surface area (Å²) >= 11 is 0. The van der Waals surface area contributed by atoms with Crippen molar-refractivity contribution in [2.45, 2.75) is 26.7 Å². The number of benzene rings is 1. The molecule has 26 heavy (non-hydrogen) atoms. The zero-order valence-corrected chi connectivity index (χ0v) is 15.1. The summed E-state index contributed by atoms with van der Waals surface area (Å²) in [6, 6.07) is 7.45. The Balaban J connectivity index is 1.58. The third-order valence-electron chi connectivity index (χ3n) is 4.78. The van der Waals surface area contributed by atoms with Gasteiger partial charge in [0.1, 0.15) is 5.76 Å². The lowest BCUT2D eigenvalue weighted by molar-refractivity contribution is -0.130. The van der Waals surface area contributed by atoms with Crippen LogP contribution < -0.4 is 5.32 Å². The Morgan fingerprint density at radius 1 is 1.23 bits per heavy atom. The number of likely N-dealkylation sites (tertiary alicyclic amines) is 1. The Labute approximate surface area is 152 Å². The molecule has 1 aromatic heterocycles. The predicted molar refractivity (Wildman–Crippen MR) is 99.5 cm³/mol. The second kappa shape index (κ2) is 7.56. The maximum Gasteiger partial charge on any atom is 0.245 e. The van der Waals surface area contributed by atoms with E-state index in [9.17, 15) is 9.59 Å². The number of hydrogen-bond donors (Lipinski definition) is 1. The monoisotopic (exact) mass is 353 g/mol. The van der Waals surface area contributed by atoms with Gasteiger partial charge in [-0.15, -0.1) is 0 Å². The molecular weight excluding hydrogens is 330 g/mol. The van der Waals surface area contributed by atoms with Crippen molar-refractivity contribution in [2.24, 2.45) is 5.92 Å². The molecule has 2 heterocycles. The van der Waals surface area contributed by atoms with Gasteiger partial charge in [0.05, 0.1) is 5.69 Å². The van der Waals surface area contributed by atoms with E-state index in [0.29, 0.717) is 31.8 Å². The van der Waals surface area contributed by atoms with Crippen LogP contribution in [0.2, 0.25) is 0 Å². The average molecular weight is 353 g/mol. The Kier molecular flexibility index (Phi) is 5.21. The van der Waals surface area contributed by atoms with E-state index in [4.69, 9.17) is 4.42 Å². The largest absolute Gasteiger partial charge is 0.441 e. The van der Waals surface area contributed by atoms with Crippen molar-refractivity contribution in [1.29, 1.82) is 0 Å². The van der Waals surface area contributed by atoms with E-state index in [1.807, 2.05) is 38.1 Å². The van der Waals surface area contributed by atoms with E-state index in [2.05, 4.69) is 16.9 Å². The molecule has 1 saturated heterocycles. The summed E-state index contributed by atoms with van der Waals surface area (Å²) < 4.78 is 5.62. The van der Waals surface area contributed by atoms with Crippen LogP contribution in [-0.2, 0) is 9.59 Å². The average Bonchev–Trinajstić information content (AvgIpc) is 3.00. The fourth-order valence-electron chi connectivity index (χ4n) is 3.03. The van der Waals surface area contributed by atoms with Crippen LogP contribution in [0.4, 0.5) is 5.69 Å². The van der Waals surface area contributed by atoms with Crippen molar-refractivity contribution in [3.8, 4) is 11.5 Å². The number of carbonyl (C=O) groups excluding carboxylic acids is 2. The van der Waals surface area contributed by atoms with Gasteiger partial charge in [0.15, 0.2) is 0 Å². The fraction of sp³-hybridized carbons (Fsp3) is 0.350. The SMILES string of the molecule is C=CC(=O)N1CCC(C(=O)Nc2ccc(-c3nc(C)c(C)o3)cc2)CC1. The van der Waals surface area contributed by atoms with Gasteiger partial charge in [-0.05, 0) is 57.0 Å². The first-order chi connectivity index (χ1) is 12.5. The van der Waals surface area contributed by atoms with Gasteiger partial charge in [-0.2, -0.15) is 0 Å². The second-order valence-corrected chi connectivity index (χ2v) is 6.53. The molecule has 0 saturated carbocycles. The molecule has 1 N–H and O–H groups in total. The van der Waals surface area contributed by atoms with E-state index in [1.165, 1.54) is 6.08 Å². The van der Waals surface area contributed by atoms with E-state index < -0.39 is 0 Å². The highest BCUT2D eigenvalue weighted by atomic mass is 16.4. The summed E-state index contributed by atoms with van der Waals surface area (Å²) in [4.78, 5) is 30.2. The molecule has 0 radical (unpaired) electrons. The number of aromatic nitrogens is 1. The number of anilines is 1. The molecule has 136 valence electrons. The molecule has 2 amide bonds.